The molecule has 104 valence electrons. The molecular formula is C15H23N3O. The van der Waals surface area contributed by atoms with E-state index in [1.165, 1.54) is 5.56 Å². The van der Waals surface area contributed by atoms with Gasteiger partial charge in [-0.15, -0.1) is 0 Å². The summed E-state index contributed by atoms with van der Waals surface area (Å²) in [6, 6.07) is 4.58. The van der Waals surface area contributed by atoms with Crippen molar-refractivity contribution in [3.63, 3.8) is 0 Å². The number of pyridine rings is 1. The first-order valence-electron chi connectivity index (χ1n) is 7.08. The highest BCUT2D eigenvalue weighted by Gasteiger charge is 2.23. The Morgan fingerprint density at radius 3 is 2.58 bits per heavy atom. The first-order valence-corrected chi connectivity index (χ1v) is 7.08. The van der Waals surface area contributed by atoms with Crippen LogP contribution in [0.1, 0.15) is 32.3 Å². The second-order valence-corrected chi connectivity index (χ2v) is 5.49. The fourth-order valence-electron chi connectivity index (χ4n) is 2.43. The van der Waals surface area contributed by atoms with E-state index in [0.29, 0.717) is 6.04 Å². The Balaban J connectivity index is 1.73. The number of amides is 1. The van der Waals surface area contributed by atoms with Gasteiger partial charge in [0.25, 0.3) is 0 Å². The fourth-order valence-corrected chi connectivity index (χ4v) is 2.43. The van der Waals surface area contributed by atoms with Crippen LogP contribution in [0.2, 0.25) is 0 Å². The number of piperidine rings is 1. The first-order chi connectivity index (χ1) is 9.16. The molecule has 0 spiro atoms. The SMILES string of the molecule is CC(C)C(=O)N1CCC(NCc2ccncc2)CC1. The van der Waals surface area contributed by atoms with Crippen LogP contribution >= 0.6 is 0 Å². The molecular weight excluding hydrogens is 238 g/mol. The van der Waals surface area contributed by atoms with Gasteiger partial charge in [-0.3, -0.25) is 9.78 Å². The third-order valence-electron chi connectivity index (χ3n) is 3.64. The topological polar surface area (TPSA) is 45.2 Å². The van der Waals surface area contributed by atoms with Gasteiger partial charge in [-0.2, -0.15) is 0 Å². The third-order valence-corrected chi connectivity index (χ3v) is 3.64. The standard InChI is InChI=1S/C15H23N3O/c1-12(2)15(19)18-9-5-14(6-10-18)17-11-13-3-7-16-8-4-13/h3-4,7-8,12,14,17H,5-6,9-11H2,1-2H3. The van der Waals surface area contributed by atoms with Crippen molar-refractivity contribution >= 4 is 5.91 Å². The van der Waals surface area contributed by atoms with Crippen LogP contribution in [0.4, 0.5) is 0 Å². The molecule has 2 rings (SSSR count). The number of carbonyl (C=O) groups excluding carboxylic acids is 1. The molecule has 19 heavy (non-hydrogen) atoms. The van der Waals surface area contributed by atoms with Crippen LogP contribution in [0, 0.1) is 5.92 Å². The molecule has 1 fully saturated rings. The zero-order valence-corrected chi connectivity index (χ0v) is 11.8. The van der Waals surface area contributed by atoms with E-state index in [2.05, 4.69) is 10.3 Å². The van der Waals surface area contributed by atoms with Crippen LogP contribution in [0.5, 0.6) is 0 Å². The Hall–Kier alpha value is -1.42. The van der Waals surface area contributed by atoms with Crippen LogP contribution < -0.4 is 5.32 Å². The van der Waals surface area contributed by atoms with Crippen LogP contribution in [0.3, 0.4) is 0 Å². The Labute approximate surface area is 115 Å². The Morgan fingerprint density at radius 1 is 1.37 bits per heavy atom. The Morgan fingerprint density at radius 2 is 2.00 bits per heavy atom. The molecule has 1 aromatic heterocycles. The molecule has 0 saturated carbocycles. The molecule has 0 atom stereocenters. The minimum absolute atomic E-state index is 0.112. The lowest BCUT2D eigenvalue weighted by Gasteiger charge is -2.33. The second-order valence-electron chi connectivity index (χ2n) is 5.49. The Kier molecular flexibility index (Phi) is 4.91. The van der Waals surface area contributed by atoms with E-state index in [4.69, 9.17) is 0 Å². The monoisotopic (exact) mass is 261 g/mol. The lowest BCUT2D eigenvalue weighted by Crippen LogP contribution is -2.45. The lowest BCUT2D eigenvalue weighted by molar-refractivity contribution is -0.135. The van der Waals surface area contributed by atoms with Crippen molar-refractivity contribution in [2.75, 3.05) is 13.1 Å². The van der Waals surface area contributed by atoms with Crippen molar-refractivity contribution in [2.45, 2.75) is 39.3 Å². The number of rotatable bonds is 4. The van der Waals surface area contributed by atoms with Crippen molar-refractivity contribution in [3.8, 4) is 0 Å². The van der Waals surface area contributed by atoms with E-state index < -0.39 is 0 Å². The third kappa shape index (κ3) is 4.03. The van der Waals surface area contributed by atoms with Crippen molar-refractivity contribution in [1.82, 2.24) is 15.2 Å². The molecule has 0 aliphatic carbocycles. The van der Waals surface area contributed by atoms with Gasteiger partial charge in [0.15, 0.2) is 0 Å². The summed E-state index contributed by atoms with van der Waals surface area (Å²) < 4.78 is 0. The highest BCUT2D eigenvalue weighted by molar-refractivity contribution is 5.78. The van der Waals surface area contributed by atoms with Gasteiger partial charge in [-0.1, -0.05) is 13.8 Å². The van der Waals surface area contributed by atoms with E-state index in [9.17, 15) is 4.79 Å². The molecule has 1 aromatic rings. The number of nitrogens with one attached hydrogen (secondary N) is 1. The molecule has 0 unspecified atom stereocenters. The predicted octanol–water partition coefficient (Wildman–Crippen LogP) is 1.82. The summed E-state index contributed by atoms with van der Waals surface area (Å²) >= 11 is 0. The summed E-state index contributed by atoms with van der Waals surface area (Å²) in [6.45, 7) is 6.58. The molecule has 1 aliphatic heterocycles. The molecule has 4 heteroatoms. The summed E-state index contributed by atoms with van der Waals surface area (Å²) in [4.78, 5) is 17.9. The molecule has 1 aliphatic rings. The molecule has 4 nitrogen and oxygen atoms in total. The van der Waals surface area contributed by atoms with Crippen LogP contribution in [-0.4, -0.2) is 34.9 Å². The largest absolute Gasteiger partial charge is 0.342 e. The number of hydrogen-bond donors (Lipinski definition) is 1. The van der Waals surface area contributed by atoms with Gasteiger partial charge < -0.3 is 10.2 Å². The zero-order chi connectivity index (χ0) is 13.7. The van der Waals surface area contributed by atoms with Gasteiger partial charge in [0, 0.05) is 44.0 Å². The number of nitrogens with zero attached hydrogens (tertiary/aromatic N) is 2. The van der Waals surface area contributed by atoms with Crippen LogP contribution in [0.15, 0.2) is 24.5 Å². The molecule has 2 heterocycles. The van der Waals surface area contributed by atoms with E-state index in [1.54, 1.807) is 0 Å². The maximum atomic E-state index is 11.9. The summed E-state index contributed by atoms with van der Waals surface area (Å²) in [5, 5.41) is 3.56. The molecule has 0 bridgehead atoms. The molecule has 0 radical (unpaired) electrons. The van der Waals surface area contributed by atoms with Gasteiger partial charge in [-0.05, 0) is 30.5 Å². The molecule has 1 saturated heterocycles. The number of hydrogen-bond acceptors (Lipinski definition) is 3. The maximum Gasteiger partial charge on any atom is 0.225 e. The van der Waals surface area contributed by atoms with E-state index in [1.807, 2.05) is 43.3 Å². The minimum Gasteiger partial charge on any atom is -0.342 e. The van der Waals surface area contributed by atoms with E-state index >= 15 is 0 Å². The van der Waals surface area contributed by atoms with E-state index in [-0.39, 0.29) is 11.8 Å². The van der Waals surface area contributed by atoms with Gasteiger partial charge in [-0.25, -0.2) is 0 Å². The molecule has 1 N–H and O–H groups in total. The molecule has 1 amide bonds. The summed E-state index contributed by atoms with van der Waals surface area (Å²) in [5.41, 5.74) is 1.26. The fraction of sp³-hybridized carbons (Fsp3) is 0.600. The smallest absolute Gasteiger partial charge is 0.225 e. The number of carbonyl (C=O) groups is 1. The van der Waals surface area contributed by atoms with Crippen molar-refractivity contribution in [2.24, 2.45) is 5.92 Å². The summed E-state index contributed by atoms with van der Waals surface area (Å²) in [5.74, 6) is 0.397. The number of likely N-dealkylation sites (tertiary alicyclic amines) is 1. The summed E-state index contributed by atoms with van der Waals surface area (Å²) in [7, 11) is 0. The number of aromatic nitrogens is 1. The average Bonchev–Trinajstić information content (AvgIpc) is 2.46. The van der Waals surface area contributed by atoms with Gasteiger partial charge in [0.2, 0.25) is 5.91 Å². The minimum atomic E-state index is 0.112. The predicted molar refractivity (Wildman–Crippen MR) is 75.5 cm³/mol. The van der Waals surface area contributed by atoms with Gasteiger partial charge in [0.1, 0.15) is 0 Å². The quantitative estimate of drug-likeness (QED) is 0.899. The first kappa shape index (κ1) is 14.0. The maximum absolute atomic E-state index is 11.9. The normalized spacial score (nSPS) is 16.9. The van der Waals surface area contributed by atoms with E-state index in [0.717, 1.165) is 32.5 Å². The van der Waals surface area contributed by atoms with Crippen molar-refractivity contribution < 1.29 is 4.79 Å². The van der Waals surface area contributed by atoms with Gasteiger partial charge >= 0.3 is 0 Å². The molecule has 0 aromatic carbocycles. The highest BCUT2D eigenvalue weighted by Crippen LogP contribution is 2.13. The zero-order valence-electron chi connectivity index (χ0n) is 11.8. The van der Waals surface area contributed by atoms with Crippen molar-refractivity contribution in [3.05, 3.63) is 30.1 Å². The van der Waals surface area contributed by atoms with Crippen LogP contribution in [0.25, 0.3) is 0 Å². The van der Waals surface area contributed by atoms with Crippen LogP contribution in [-0.2, 0) is 11.3 Å². The highest BCUT2D eigenvalue weighted by atomic mass is 16.2. The summed E-state index contributed by atoms with van der Waals surface area (Å²) in [6.07, 6.45) is 5.73. The second kappa shape index (κ2) is 6.66. The van der Waals surface area contributed by atoms with Gasteiger partial charge in [0.05, 0.1) is 0 Å². The Bertz CT molecular complexity index is 397. The lowest BCUT2D eigenvalue weighted by atomic mass is 10.0. The average molecular weight is 261 g/mol. The van der Waals surface area contributed by atoms with Crippen molar-refractivity contribution in [1.29, 1.82) is 0 Å².